The van der Waals surface area contributed by atoms with Crippen LogP contribution in [0.3, 0.4) is 0 Å². The van der Waals surface area contributed by atoms with E-state index in [2.05, 4.69) is 4.90 Å². The van der Waals surface area contributed by atoms with Crippen molar-refractivity contribution in [1.29, 1.82) is 0 Å². The Morgan fingerprint density at radius 2 is 1.95 bits per heavy atom. The summed E-state index contributed by atoms with van der Waals surface area (Å²) in [7, 11) is 2.02. The summed E-state index contributed by atoms with van der Waals surface area (Å²) in [5.41, 5.74) is 8.68. The molecule has 0 amide bonds. The van der Waals surface area contributed by atoms with E-state index in [9.17, 15) is 0 Å². The van der Waals surface area contributed by atoms with E-state index in [1.807, 2.05) is 55.6 Å². The zero-order valence-electron chi connectivity index (χ0n) is 10.6. The monoisotopic (exact) mass is 290 g/mol. The largest absolute Gasteiger partial charge is 0.389 e. The minimum Gasteiger partial charge on any atom is -0.389 e. The lowest BCUT2D eigenvalue weighted by Crippen LogP contribution is -2.17. The van der Waals surface area contributed by atoms with Gasteiger partial charge in [-0.15, -0.1) is 0 Å². The van der Waals surface area contributed by atoms with Gasteiger partial charge in [0.05, 0.1) is 0 Å². The molecule has 2 nitrogen and oxygen atoms in total. The molecule has 0 atom stereocenters. The molecule has 0 aliphatic carbocycles. The summed E-state index contributed by atoms with van der Waals surface area (Å²) in [4.78, 5) is 2.52. The van der Waals surface area contributed by atoms with E-state index in [0.717, 1.165) is 28.4 Å². The Kier molecular flexibility index (Phi) is 4.40. The summed E-state index contributed by atoms with van der Waals surface area (Å²) >= 11 is 11.2. The summed E-state index contributed by atoms with van der Waals surface area (Å²) in [5.74, 6) is 0. The van der Waals surface area contributed by atoms with Crippen LogP contribution in [0.4, 0.5) is 5.69 Å². The van der Waals surface area contributed by atoms with Gasteiger partial charge in [0.1, 0.15) is 4.99 Å². The van der Waals surface area contributed by atoms with Gasteiger partial charge in [-0.05, 0) is 23.8 Å². The van der Waals surface area contributed by atoms with Gasteiger partial charge in [0.15, 0.2) is 0 Å². The molecule has 0 saturated carbocycles. The van der Waals surface area contributed by atoms with Crippen LogP contribution in [-0.2, 0) is 6.54 Å². The van der Waals surface area contributed by atoms with Crippen LogP contribution in [0.15, 0.2) is 48.5 Å². The lowest BCUT2D eigenvalue weighted by atomic mass is 10.1. The summed E-state index contributed by atoms with van der Waals surface area (Å²) < 4.78 is 0. The van der Waals surface area contributed by atoms with Gasteiger partial charge < -0.3 is 10.6 Å². The molecular weight excluding hydrogens is 276 g/mol. The molecule has 0 bridgehead atoms. The molecule has 0 radical (unpaired) electrons. The van der Waals surface area contributed by atoms with Crippen molar-refractivity contribution in [3.8, 4) is 0 Å². The van der Waals surface area contributed by atoms with Gasteiger partial charge in [-0.2, -0.15) is 0 Å². The zero-order valence-corrected chi connectivity index (χ0v) is 12.2. The highest BCUT2D eigenvalue weighted by molar-refractivity contribution is 7.80. The molecule has 0 heterocycles. The van der Waals surface area contributed by atoms with Crippen molar-refractivity contribution in [2.45, 2.75) is 6.54 Å². The van der Waals surface area contributed by atoms with Crippen LogP contribution in [0.2, 0.25) is 5.02 Å². The third-order valence-corrected chi connectivity index (χ3v) is 3.54. The van der Waals surface area contributed by atoms with Crippen molar-refractivity contribution in [3.05, 3.63) is 64.7 Å². The van der Waals surface area contributed by atoms with Crippen LogP contribution in [0.5, 0.6) is 0 Å². The first-order chi connectivity index (χ1) is 9.08. The molecule has 2 aromatic carbocycles. The van der Waals surface area contributed by atoms with Crippen LogP contribution in [0.1, 0.15) is 11.1 Å². The maximum Gasteiger partial charge on any atom is 0.104 e. The van der Waals surface area contributed by atoms with E-state index in [0.29, 0.717) is 4.99 Å². The van der Waals surface area contributed by atoms with Crippen molar-refractivity contribution < 1.29 is 0 Å². The molecule has 0 unspecified atom stereocenters. The minimum atomic E-state index is 0.410. The molecule has 0 spiro atoms. The first kappa shape index (κ1) is 13.8. The molecule has 2 rings (SSSR count). The number of rotatable bonds is 4. The molecule has 0 aliphatic heterocycles. The second-order valence-corrected chi connectivity index (χ2v) is 5.21. The molecule has 2 N–H and O–H groups in total. The van der Waals surface area contributed by atoms with Crippen LogP contribution >= 0.6 is 23.8 Å². The van der Waals surface area contributed by atoms with E-state index in [-0.39, 0.29) is 0 Å². The highest BCUT2D eigenvalue weighted by Crippen LogP contribution is 2.21. The Labute approximate surface area is 123 Å². The van der Waals surface area contributed by atoms with Gasteiger partial charge in [-0.25, -0.2) is 0 Å². The smallest absolute Gasteiger partial charge is 0.104 e. The average molecular weight is 291 g/mol. The second kappa shape index (κ2) is 6.04. The van der Waals surface area contributed by atoms with Crippen LogP contribution in [0, 0.1) is 0 Å². The highest BCUT2D eigenvalue weighted by atomic mass is 35.5. The van der Waals surface area contributed by atoms with Crippen molar-refractivity contribution in [2.24, 2.45) is 5.73 Å². The molecule has 0 aromatic heterocycles. The standard InChI is InChI=1S/C15H15ClN2S/c1-18(10-12-5-2-3-8-14(12)16)13-7-4-6-11(9-13)15(17)19/h2-9H,10H2,1H3,(H2,17,19). The van der Waals surface area contributed by atoms with Gasteiger partial charge in [0.2, 0.25) is 0 Å². The number of anilines is 1. The van der Waals surface area contributed by atoms with E-state index in [4.69, 9.17) is 29.6 Å². The first-order valence-corrected chi connectivity index (χ1v) is 6.71. The van der Waals surface area contributed by atoms with Crippen LogP contribution < -0.4 is 10.6 Å². The van der Waals surface area contributed by atoms with Gasteiger partial charge >= 0.3 is 0 Å². The molecule has 98 valence electrons. The molecule has 0 aliphatic rings. The Hall–Kier alpha value is -1.58. The normalized spacial score (nSPS) is 10.2. The van der Waals surface area contributed by atoms with E-state index in [1.54, 1.807) is 0 Å². The third kappa shape index (κ3) is 3.46. The molecule has 19 heavy (non-hydrogen) atoms. The summed E-state index contributed by atoms with van der Waals surface area (Å²) in [5, 5.41) is 0.778. The maximum atomic E-state index is 6.17. The number of halogens is 1. The molecule has 0 fully saturated rings. The van der Waals surface area contributed by atoms with E-state index >= 15 is 0 Å². The predicted molar refractivity (Wildman–Crippen MR) is 85.9 cm³/mol. The van der Waals surface area contributed by atoms with Crippen molar-refractivity contribution in [2.75, 3.05) is 11.9 Å². The fraction of sp³-hybridized carbons (Fsp3) is 0.133. The summed E-state index contributed by atoms with van der Waals surface area (Å²) in [6.07, 6.45) is 0. The molecular formula is C15H15ClN2S. The lowest BCUT2D eigenvalue weighted by molar-refractivity contribution is 0.923. The Balaban J connectivity index is 2.20. The molecule has 0 saturated heterocycles. The predicted octanol–water partition coefficient (Wildman–Crippen LogP) is 3.61. The number of nitrogens with zero attached hydrogens (tertiary/aromatic N) is 1. The SMILES string of the molecule is CN(Cc1ccccc1Cl)c1cccc(C(N)=S)c1. The quantitative estimate of drug-likeness (QED) is 0.872. The number of hydrogen-bond acceptors (Lipinski definition) is 2. The van der Waals surface area contributed by atoms with E-state index in [1.165, 1.54) is 0 Å². The Bertz CT molecular complexity index is 598. The minimum absolute atomic E-state index is 0.410. The number of benzene rings is 2. The van der Waals surface area contributed by atoms with Crippen LogP contribution in [0.25, 0.3) is 0 Å². The maximum absolute atomic E-state index is 6.17. The zero-order chi connectivity index (χ0) is 13.8. The fourth-order valence-corrected chi connectivity index (χ4v) is 2.19. The van der Waals surface area contributed by atoms with Gasteiger partial charge in [-0.1, -0.05) is 54.2 Å². The Morgan fingerprint density at radius 3 is 2.63 bits per heavy atom. The van der Waals surface area contributed by atoms with Gasteiger partial charge in [-0.3, -0.25) is 0 Å². The highest BCUT2D eigenvalue weighted by Gasteiger charge is 2.06. The van der Waals surface area contributed by atoms with E-state index < -0.39 is 0 Å². The molecule has 2 aromatic rings. The van der Waals surface area contributed by atoms with Gasteiger partial charge in [0.25, 0.3) is 0 Å². The fourth-order valence-electron chi connectivity index (χ4n) is 1.87. The van der Waals surface area contributed by atoms with Crippen molar-refractivity contribution >= 4 is 34.5 Å². The average Bonchev–Trinajstić information content (AvgIpc) is 2.41. The third-order valence-electron chi connectivity index (χ3n) is 2.94. The number of hydrogen-bond donors (Lipinski definition) is 1. The van der Waals surface area contributed by atoms with Crippen LogP contribution in [-0.4, -0.2) is 12.0 Å². The lowest BCUT2D eigenvalue weighted by Gasteiger charge is -2.20. The molecule has 4 heteroatoms. The Morgan fingerprint density at radius 1 is 1.21 bits per heavy atom. The number of thiocarbonyl (C=S) groups is 1. The summed E-state index contributed by atoms with van der Waals surface area (Å²) in [6.45, 7) is 0.737. The van der Waals surface area contributed by atoms with Crippen molar-refractivity contribution in [3.63, 3.8) is 0 Å². The topological polar surface area (TPSA) is 29.3 Å². The van der Waals surface area contributed by atoms with Gasteiger partial charge in [0, 0.05) is 29.9 Å². The van der Waals surface area contributed by atoms with Crippen molar-refractivity contribution in [1.82, 2.24) is 0 Å². The number of nitrogens with two attached hydrogens (primary N) is 1. The second-order valence-electron chi connectivity index (χ2n) is 4.36. The summed E-state index contributed by atoms with van der Waals surface area (Å²) in [6, 6.07) is 15.7. The first-order valence-electron chi connectivity index (χ1n) is 5.92.